The predicted molar refractivity (Wildman–Crippen MR) is 102 cm³/mol. The molecule has 0 radical (unpaired) electrons. The lowest BCUT2D eigenvalue weighted by Gasteiger charge is -2.14. The Morgan fingerprint density at radius 3 is 2.20 bits per heavy atom. The van der Waals surface area contributed by atoms with Crippen molar-refractivity contribution in [2.75, 3.05) is 30.9 Å². The maximum absolute atomic E-state index is 12.0. The van der Waals surface area contributed by atoms with Crippen LogP contribution in [0.2, 0.25) is 0 Å². The predicted octanol–water partition coefficient (Wildman–Crippen LogP) is 3.00. The molecule has 132 valence electrons. The highest BCUT2D eigenvalue weighted by atomic mass is 16.2. The highest BCUT2D eigenvalue weighted by Gasteiger charge is 2.12. The molecule has 25 heavy (non-hydrogen) atoms. The molecule has 1 unspecified atom stereocenters. The molecule has 2 amide bonds. The Hall–Kier alpha value is -2.82. The molecule has 0 saturated carbocycles. The lowest BCUT2D eigenvalue weighted by atomic mass is 9.98. The number of hydrogen-bond donors (Lipinski definition) is 2. The van der Waals surface area contributed by atoms with Crippen molar-refractivity contribution in [1.82, 2.24) is 5.32 Å². The van der Waals surface area contributed by atoms with E-state index in [1.165, 1.54) is 0 Å². The zero-order valence-corrected chi connectivity index (χ0v) is 15.0. The van der Waals surface area contributed by atoms with Crippen LogP contribution >= 0.6 is 0 Å². The van der Waals surface area contributed by atoms with Gasteiger partial charge in [-0.2, -0.15) is 0 Å². The molecule has 5 heteroatoms. The molecule has 5 nitrogen and oxygen atoms in total. The third kappa shape index (κ3) is 5.95. The minimum absolute atomic E-state index is 0.0320. The first-order valence-electron chi connectivity index (χ1n) is 8.34. The second-order valence-corrected chi connectivity index (χ2v) is 6.28. The molecule has 0 aromatic heterocycles. The van der Waals surface area contributed by atoms with Crippen LogP contribution < -0.4 is 15.5 Å². The van der Waals surface area contributed by atoms with E-state index in [2.05, 4.69) is 10.6 Å². The van der Waals surface area contributed by atoms with Crippen LogP contribution in [0.15, 0.2) is 54.6 Å². The van der Waals surface area contributed by atoms with Gasteiger partial charge >= 0.3 is 0 Å². The second kappa shape index (κ2) is 8.87. The van der Waals surface area contributed by atoms with E-state index in [9.17, 15) is 9.59 Å². The Kier molecular flexibility index (Phi) is 6.57. The summed E-state index contributed by atoms with van der Waals surface area (Å²) in [5.41, 5.74) is 2.88. The topological polar surface area (TPSA) is 61.4 Å². The summed E-state index contributed by atoms with van der Waals surface area (Å²) < 4.78 is 0. The molecule has 0 fully saturated rings. The number of carbonyl (C=O) groups is 2. The van der Waals surface area contributed by atoms with Gasteiger partial charge < -0.3 is 15.5 Å². The van der Waals surface area contributed by atoms with Crippen molar-refractivity contribution in [1.29, 1.82) is 0 Å². The molecular weight excluding hydrogens is 314 g/mol. The summed E-state index contributed by atoms with van der Waals surface area (Å²) in [6.07, 6.45) is 0.356. The van der Waals surface area contributed by atoms with E-state index < -0.39 is 0 Å². The summed E-state index contributed by atoms with van der Waals surface area (Å²) in [7, 11) is 3.92. The quantitative estimate of drug-likeness (QED) is 0.815. The van der Waals surface area contributed by atoms with Gasteiger partial charge in [-0.15, -0.1) is 0 Å². The number of hydrogen-bond acceptors (Lipinski definition) is 3. The highest BCUT2D eigenvalue weighted by Crippen LogP contribution is 2.18. The molecular formula is C20H25N3O2. The van der Waals surface area contributed by atoms with Crippen LogP contribution in [0.3, 0.4) is 0 Å². The Bertz CT molecular complexity index is 697. The summed E-state index contributed by atoms with van der Waals surface area (Å²) in [6, 6.07) is 17.4. The number of carbonyl (C=O) groups excluding carboxylic acids is 2. The minimum Gasteiger partial charge on any atom is -0.378 e. The van der Waals surface area contributed by atoms with Crippen molar-refractivity contribution in [3.05, 3.63) is 60.2 Å². The zero-order chi connectivity index (χ0) is 18.2. The van der Waals surface area contributed by atoms with Crippen LogP contribution in [0.25, 0.3) is 0 Å². The summed E-state index contributed by atoms with van der Waals surface area (Å²) >= 11 is 0. The zero-order valence-electron chi connectivity index (χ0n) is 15.0. The Morgan fingerprint density at radius 1 is 0.960 bits per heavy atom. The van der Waals surface area contributed by atoms with Crippen molar-refractivity contribution in [3.8, 4) is 0 Å². The van der Waals surface area contributed by atoms with Crippen LogP contribution in [-0.2, 0) is 9.59 Å². The molecule has 2 aromatic rings. The number of amides is 2. The van der Waals surface area contributed by atoms with Crippen molar-refractivity contribution in [2.45, 2.75) is 19.3 Å². The SMILES string of the molecule is CC(CC(=O)NCC(=O)Nc1ccc(N(C)C)cc1)c1ccccc1. The smallest absolute Gasteiger partial charge is 0.243 e. The fourth-order valence-corrected chi connectivity index (χ4v) is 2.48. The summed E-state index contributed by atoms with van der Waals surface area (Å²) in [5.74, 6) is -0.254. The molecule has 2 rings (SSSR count). The number of anilines is 2. The molecule has 0 aliphatic heterocycles. The first kappa shape index (κ1) is 18.5. The maximum atomic E-state index is 12.0. The van der Waals surface area contributed by atoms with E-state index in [1.54, 1.807) is 0 Å². The first-order chi connectivity index (χ1) is 12.0. The van der Waals surface area contributed by atoms with Gasteiger partial charge in [0.1, 0.15) is 0 Å². The molecule has 2 N–H and O–H groups in total. The maximum Gasteiger partial charge on any atom is 0.243 e. The Balaban J connectivity index is 1.76. The van der Waals surface area contributed by atoms with E-state index in [-0.39, 0.29) is 24.3 Å². The van der Waals surface area contributed by atoms with Crippen molar-refractivity contribution in [3.63, 3.8) is 0 Å². The van der Waals surface area contributed by atoms with Gasteiger partial charge in [-0.05, 0) is 35.7 Å². The van der Waals surface area contributed by atoms with Crippen molar-refractivity contribution in [2.24, 2.45) is 0 Å². The normalized spacial score (nSPS) is 11.5. The van der Waals surface area contributed by atoms with Gasteiger partial charge in [0, 0.05) is 31.9 Å². The molecule has 0 aliphatic carbocycles. The standard InChI is InChI=1S/C20H25N3O2/c1-15(16-7-5-4-6-8-16)13-19(24)21-14-20(25)22-17-9-11-18(12-10-17)23(2)3/h4-12,15H,13-14H2,1-3H3,(H,21,24)(H,22,25). The summed E-state index contributed by atoms with van der Waals surface area (Å²) in [6.45, 7) is 1.97. The van der Waals surface area contributed by atoms with Crippen LogP contribution in [-0.4, -0.2) is 32.5 Å². The third-order valence-electron chi connectivity index (χ3n) is 3.97. The van der Waals surface area contributed by atoms with Crippen molar-refractivity contribution < 1.29 is 9.59 Å². The van der Waals surface area contributed by atoms with Gasteiger partial charge in [-0.25, -0.2) is 0 Å². The average molecular weight is 339 g/mol. The number of rotatable bonds is 7. The monoisotopic (exact) mass is 339 g/mol. The third-order valence-corrected chi connectivity index (χ3v) is 3.97. The molecule has 2 aromatic carbocycles. The summed E-state index contributed by atoms with van der Waals surface area (Å²) in [5, 5.41) is 5.45. The van der Waals surface area contributed by atoms with Crippen LogP contribution in [0.1, 0.15) is 24.8 Å². The van der Waals surface area contributed by atoms with Crippen molar-refractivity contribution >= 4 is 23.2 Å². The van der Waals surface area contributed by atoms with Gasteiger partial charge in [-0.3, -0.25) is 9.59 Å². The number of nitrogens with zero attached hydrogens (tertiary/aromatic N) is 1. The Morgan fingerprint density at radius 2 is 1.60 bits per heavy atom. The second-order valence-electron chi connectivity index (χ2n) is 6.28. The lowest BCUT2D eigenvalue weighted by Crippen LogP contribution is -2.33. The van der Waals surface area contributed by atoms with Gasteiger partial charge in [-0.1, -0.05) is 37.3 Å². The van der Waals surface area contributed by atoms with Gasteiger partial charge in [0.2, 0.25) is 11.8 Å². The van der Waals surface area contributed by atoms with Gasteiger partial charge in [0.05, 0.1) is 6.54 Å². The molecule has 1 atom stereocenters. The fraction of sp³-hybridized carbons (Fsp3) is 0.300. The van der Waals surface area contributed by atoms with Gasteiger partial charge in [0.25, 0.3) is 0 Å². The molecule has 0 heterocycles. The molecule has 0 aliphatic rings. The van der Waals surface area contributed by atoms with E-state index in [1.807, 2.05) is 80.5 Å². The van der Waals surface area contributed by atoms with E-state index in [4.69, 9.17) is 0 Å². The van der Waals surface area contributed by atoms with Crippen LogP contribution in [0.5, 0.6) is 0 Å². The van der Waals surface area contributed by atoms with Crippen LogP contribution in [0, 0.1) is 0 Å². The molecule has 0 bridgehead atoms. The minimum atomic E-state index is -0.238. The van der Waals surface area contributed by atoms with E-state index in [0.29, 0.717) is 12.1 Å². The number of benzene rings is 2. The largest absolute Gasteiger partial charge is 0.378 e. The van der Waals surface area contributed by atoms with Gasteiger partial charge in [0.15, 0.2) is 0 Å². The van der Waals surface area contributed by atoms with E-state index >= 15 is 0 Å². The van der Waals surface area contributed by atoms with Crippen LogP contribution in [0.4, 0.5) is 11.4 Å². The molecule has 0 spiro atoms. The first-order valence-corrected chi connectivity index (χ1v) is 8.34. The Labute approximate surface area is 149 Å². The lowest BCUT2D eigenvalue weighted by molar-refractivity contribution is -0.124. The number of nitrogens with one attached hydrogen (secondary N) is 2. The van der Waals surface area contributed by atoms with E-state index in [0.717, 1.165) is 11.3 Å². The average Bonchev–Trinajstić information content (AvgIpc) is 2.61. The summed E-state index contributed by atoms with van der Waals surface area (Å²) in [4.78, 5) is 25.9. The molecule has 0 saturated heterocycles. The highest BCUT2D eigenvalue weighted by molar-refractivity contribution is 5.94. The fourth-order valence-electron chi connectivity index (χ4n) is 2.48.